The predicted octanol–water partition coefficient (Wildman–Crippen LogP) is 3.56. The van der Waals surface area contributed by atoms with Gasteiger partial charge in [0.05, 0.1) is 12.1 Å². The molecule has 0 radical (unpaired) electrons. The fourth-order valence-electron chi connectivity index (χ4n) is 2.27. The summed E-state index contributed by atoms with van der Waals surface area (Å²) in [5.41, 5.74) is 9.55. The van der Waals surface area contributed by atoms with Gasteiger partial charge in [0.25, 0.3) is 0 Å². The average molecular weight is 255 g/mol. The third kappa shape index (κ3) is 3.03. The average Bonchev–Trinajstić information content (AvgIpc) is 2.48. The van der Waals surface area contributed by atoms with E-state index in [1.165, 1.54) is 11.1 Å². The van der Waals surface area contributed by atoms with E-state index in [0.717, 1.165) is 12.0 Å². The molecule has 2 N–H and O–H groups in total. The van der Waals surface area contributed by atoms with Crippen molar-refractivity contribution in [2.24, 2.45) is 5.73 Å². The molecule has 2 heteroatoms. The molecule has 0 bridgehead atoms. The third-order valence-corrected chi connectivity index (χ3v) is 3.60. The van der Waals surface area contributed by atoms with Crippen molar-refractivity contribution in [2.75, 3.05) is 13.7 Å². The fraction of sp³-hybridized carbons (Fsp3) is 0.294. The van der Waals surface area contributed by atoms with E-state index in [2.05, 4.69) is 43.3 Å². The van der Waals surface area contributed by atoms with Crippen LogP contribution in [0.1, 0.15) is 18.9 Å². The highest BCUT2D eigenvalue weighted by Gasteiger charge is 2.24. The van der Waals surface area contributed by atoms with E-state index >= 15 is 0 Å². The second kappa shape index (κ2) is 6.00. The Kier molecular flexibility index (Phi) is 4.35. The summed E-state index contributed by atoms with van der Waals surface area (Å²) in [6, 6.07) is 18.8. The van der Waals surface area contributed by atoms with Gasteiger partial charge < -0.3 is 10.5 Å². The number of methoxy groups -OCH3 is 1. The lowest BCUT2D eigenvalue weighted by Crippen LogP contribution is -2.40. The fourth-order valence-corrected chi connectivity index (χ4v) is 2.27. The van der Waals surface area contributed by atoms with Crippen LogP contribution in [0.25, 0.3) is 11.1 Å². The zero-order valence-electron chi connectivity index (χ0n) is 11.6. The normalized spacial score (nSPS) is 14.1. The van der Waals surface area contributed by atoms with Crippen LogP contribution in [0.5, 0.6) is 0 Å². The predicted molar refractivity (Wildman–Crippen MR) is 79.9 cm³/mol. The first-order valence-corrected chi connectivity index (χ1v) is 6.63. The molecular weight excluding hydrogens is 234 g/mol. The van der Waals surface area contributed by atoms with Crippen LogP contribution in [0, 0.1) is 0 Å². The Balaban J connectivity index is 2.28. The van der Waals surface area contributed by atoms with Crippen LogP contribution in [0.15, 0.2) is 54.6 Å². The lowest BCUT2D eigenvalue weighted by molar-refractivity contribution is 0.129. The van der Waals surface area contributed by atoms with E-state index in [4.69, 9.17) is 10.5 Å². The third-order valence-electron chi connectivity index (χ3n) is 3.60. The first-order valence-electron chi connectivity index (χ1n) is 6.63. The van der Waals surface area contributed by atoms with E-state index in [0.29, 0.717) is 6.61 Å². The number of ether oxygens (including phenoxy) is 1. The maximum Gasteiger partial charge on any atom is 0.0684 e. The van der Waals surface area contributed by atoms with Gasteiger partial charge in [-0.05, 0) is 23.1 Å². The van der Waals surface area contributed by atoms with Gasteiger partial charge in [0.15, 0.2) is 0 Å². The minimum absolute atomic E-state index is 0.399. The summed E-state index contributed by atoms with van der Waals surface area (Å²) in [7, 11) is 1.69. The molecule has 19 heavy (non-hydrogen) atoms. The topological polar surface area (TPSA) is 35.2 Å². The molecule has 0 aromatic heterocycles. The van der Waals surface area contributed by atoms with Crippen molar-refractivity contribution in [2.45, 2.75) is 18.9 Å². The summed E-state index contributed by atoms with van der Waals surface area (Å²) in [5, 5.41) is 0. The number of hydrogen-bond acceptors (Lipinski definition) is 2. The van der Waals surface area contributed by atoms with Gasteiger partial charge in [-0.3, -0.25) is 0 Å². The van der Waals surface area contributed by atoms with Gasteiger partial charge in [-0.25, -0.2) is 0 Å². The van der Waals surface area contributed by atoms with Crippen LogP contribution in [0.3, 0.4) is 0 Å². The molecule has 0 spiro atoms. The number of rotatable bonds is 5. The SMILES string of the molecule is CCC(N)(COC)c1ccc(-c2ccccc2)cc1. The van der Waals surface area contributed by atoms with Crippen LogP contribution < -0.4 is 5.73 Å². The van der Waals surface area contributed by atoms with Crippen molar-refractivity contribution in [3.63, 3.8) is 0 Å². The van der Waals surface area contributed by atoms with Crippen molar-refractivity contribution in [1.29, 1.82) is 0 Å². The Morgan fingerprint density at radius 3 is 2.05 bits per heavy atom. The Morgan fingerprint density at radius 2 is 1.53 bits per heavy atom. The van der Waals surface area contributed by atoms with Gasteiger partial charge in [0.1, 0.15) is 0 Å². The largest absolute Gasteiger partial charge is 0.382 e. The minimum Gasteiger partial charge on any atom is -0.382 e. The lowest BCUT2D eigenvalue weighted by Gasteiger charge is -2.28. The standard InChI is InChI=1S/C17H21NO/c1-3-17(18,13-19-2)16-11-9-15(10-12-16)14-7-5-4-6-8-14/h4-12H,3,13,18H2,1-2H3. The number of benzene rings is 2. The summed E-state index contributed by atoms with van der Waals surface area (Å²) in [4.78, 5) is 0. The van der Waals surface area contributed by atoms with E-state index < -0.39 is 5.54 Å². The molecule has 2 aromatic rings. The molecule has 2 rings (SSSR count). The van der Waals surface area contributed by atoms with Crippen LogP contribution in [-0.4, -0.2) is 13.7 Å². The Morgan fingerprint density at radius 1 is 0.947 bits per heavy atom. The molecule has 0 saturated heterocycles. The first kappa shape index (κ1) is 13.8. The molecule has 0 aliphatic heterocycles. The van der Waals surface area contributed by atoms with Crippen LogP contribution in [0.4, 0.5) is 0 Å². The van der Waals surface area contributed by atoms with Gasteiger partial charge in [0.2, 0.25) is 0 Å². The summed E-state index contributed by atoms with van der Waals surface area (Å²) in [6.45, 7) is 2.62. The second-order valence-electron chi connectivity index (χ2n) is 4.89. The minimum atomic E-state index is -0.399. The molecule has 100 valence electrons. The second-order valence-corrected chi connectivity index (χ2v) is 4.89. The molecule has 1 unspecified atom stereocenters. The Hall–Kier alpha value is -1.64. The molecule has 1 atom stereocenters. The molecule has 2 nitrogen and oxygen atoms in total. The van der Waals surface area contributed by atoms with Crippen LogP contribution in [-0.2, 0) is 10.3 Å². The molecular formula is C17H21NO. The highest BCUT2D eigenvalue weighted by molar-refractivity contribution is 5.63. The Labute approximate surface area is 115 Å². The highest BCUT2D eigenvalue weighted by Crippen LogP contribution is 2.26. The molecule has 0 saturated carbocycles. The Bertz CT molecular complexity index is 507. The summed E-state index contributed by atoms with van der Waals surface area (Å²) in [5.74, 6) is 0. The highest BCUT2D eigenvalue weighted by atomic mass is 16.5. The van der Waals surface area contributed by atoms with Crippen molar-refractivity contribution in [3.8, 4) is 11.1 Å². The van der Waals surface area contributed by atoms with Gasteiger partial charge in [-0.1, -0.05) is 61.5 Å². The molecule has 0 aliphatic carbocycles. The van der Waals surface area contributed by atoms with Gasteiger partial charge in [0, 0.05) is 7.11 Å². The van der Waals surface area contributed by atoms with Crippen molar-refractivity contribution < 1.29 is 4.74 Å². The molecule has 0 aliphatic rings. The quantitative estimate of drug-likeness (QED) is 0.886. The maximum absolute atomic E-state index is 6.39. The van der Waals surface area contributed by atoms with Crippen LogP contribution in [0.2, 0.25) is 0 Å². The van der Waals surface area contributed by atoms with Gasteiger partial charge >= 0.3 is 0 Å². The van der Waals surface area contributed by atoms with E-state index in [1.807, 2.05) is 18.2 Å². The van der Waals surface area contributed by atoms with Gasteiger partial charge in [-0.15, -0.1) is 0 Å². The van der Waals surface area contributed by atoms with E-state index in [-0.39, 0.29) is 0 Å². The van der Waals surface area contributed by atoms with Crippen molar-refractivity contribution in [1.82, 2.24) is 0 Å². The summed E-state index contributed by atoms with van der Waals surface area (Å²) < 4.78 is 5.24. The smallest absolute Gasteiger partial charge is 0.0684 e. The first-order chi connectivity index (χ1) is 9.19. The monoisotopic (exact) mass is 255 g/mol. The van der Waals surface area contributed by atoms with Crippen LogP contribution >= 0.6 is 0 Å². The molecule has 0 heterocycles. The molecule has 2 aromatic carbocycles. The van der Waals surface area contributed by atoms with Gasteiger partial charge in [-0.2, -0.15) is 0 Å². The lowest BCUT2D eigenvalue weighted by atomic mass is 9.88. The van der Waals surface area contributed by atoms with E-state index in [1.54, 1.807) is 7.11 Å². The number of nitrogens with two attached hydrogens (primary N) is 1. The van der Waals surface area contributed by atoms with E-state index in [9.17, 15) is 0 Å². The van der Waals surface area contributed by atoms with Crippen molar-refractivity contribution >= 4 is 0 Å². The summed E-state index contributed by atoms with van der Waals surface area (Å²) >= 11 is 0. The number of hydrogen-bond donors (Lipinski definition) is 1. The van der Waals surface area contributed by atoms with Crippen molar-refractivity contribution in [3.05, 3.63) is 60.2 Å². The summed E-state index contributed by atoms with van der Waals surface area (Å²) in [6.07, 6.45) is 0.853. The molecule has 0 fully saturated rings. The zero-order chi connectivity index (χ0) is 13.7. The zero-order valence-corrected chi connectivity index (χ0v) is 11.6. The maximum atomic E-state index is 6.39. The molecule has 0 amide bonds.